The van der Waals surface area contributed by atoms with Gasteiger partial charge in [0, 0.05) is 44.2 Å². The highest BCUT2D eigenvalue weighted by molar-refractivity contribution is 6.21. The summed E-state index contributed by atoms with van der Waals surface area (Å²) in [6.45, 7) is 0. The quantitative estimate of drug-likeness (QED) is 0.176. The molecular formula is C93H53NO2. The molecule has 3 heteroatoms. The third-order valence-corrected chi connectivity index (χ3v) is 23.1. The first-order valence-electron chi connectivity index (χ1n) is 33.5. The van der Waals surface area contributed by atoms with E-state index in [1.54, 1.807) is 0 Å². The fourth-order valence-electron chi connectivity index (χ4n) is 19.7. The van der Waals surface area contributed by atoms with Crippen LogP contribution in [0.1, 0.15) is 66.8 Å². The van der Waals surface area contributed by atoms with Crippen LogP contribution in [0.2, 0.25) is 0 Å². The van der Waals surface area contributed by atoms with Crippen LogP contribution < -0.4 is 4.90 Å². The summed E-state index contributed by atoms with van der Waals surface area (Å²) in [6.07, 6.45) is 0. The van der Waals surface area contributed by atoms with Gasteiger partial charge >= 0.3 is 0 Å². The van der Waals surface area contributed by atoms with Crippen molar-refractivity contribution in [3.63, 3.8) is 0 Å². The van der Waals surface area contributed by atoms with Crippen LogP contribution in [0, 0.1) is 0 Å². The minimum absolute atomic E-state index is 0.602. The molecule has 0 bridgehead atoms. The predicted octanol–water partition coefficient (Wildman–Crippen LogP) is 23.7. The smallest absolute Gasteiger partial charge is 0.143 e. The molecule has 6 aliphatic carbocycles. The van der Waals surface area contributed by atoms with Crippen molar-refractivity contribution in [2.75, 3.05) is 4.90 Å². The normalized spacial score (nSPS) is 14.7. The number of para-hydroxylation sites is 3. The highest BCUT2D eigenvalue weighted by atomic mass is 16.3. The van der Waals surface area contributed by atoms with Gasteiger partial charge in [0.2, 0.25) is 0 Å². The van der Waals surface area contributed by atoms with Crippen LogP contribution in [-0.2, 0) is 16.2 Å². The van der Waals surface area contributed by atoms with E-state index in [9.17, 15) is 0 Å². The van der Waals surface area contributed by atoms with E-state index >= 15 is 0 Å². The molecule has 96 heavy (non-hydrogen) atoms. The van der Waals surface area contributed by atoms with E-state index in [0.717, 1.165) is 66.7 Å². The maximum absolute atomic E-state index is 7.10. The Labute approximate surface area is 553 Å². The zero-order valence-electron chi connectivity index (χ0n) is 51.9. The van der Waals surface area contributed by atoms with E-state index in [2.05, 4.69) is 326 Å². The van der Waals surface area contributed by atoms with Gasteiger partial charge in [0.1, 0.15) is 22.3 Å². The summed E-state index contributed by atoms with van der Waals surface area (Å²) in [5, 5.41) is 4.58. The van der Waals surface area contributed by atoms with Gasteiger partial charge < -0.3 is 13.7 Å². The van der Waals surface area contributed by atoms with Crippen LogP contribution in [0.4, 0.5) is 17.1 Å². The van der Waals surface area contributed by atoms with Crippen molar-refractivity contribution in [2.45, 2.75) is 16.2 Å². The van der Waals surface area contributed by atoms with Gasteiger partial charge in [-0.3, -0.25) is 0 Å². The average Bonchev–Trinajstić information content (AvgIpc) is 1.49. The second-order valence-electron chi connectivity index (χ2n) is 27.1. The minimum Gasteiger partial charge on any atom is -0.456 e. The number of anilines is 3. The molecule has 17 aromatic rings. The Morgan fingerprint density at radius 1 is 0.208 bits per heavy atom. The number of nitrogens with zero attached hydrogens (tertiary/aromatic N) is 1. The van der Waals surface area contributed by atoms with E-state index in [1.807, 2.05) is 0 Å². The van der Waals surface area contributed by atoms with Crippen LogP contribution in [-0.4, -0.2) is 0 Å². The summed E-state index contributed by atoms with van der Waals surface area (Å²) >= 11 is 0. The number of fused-ring (bicyclic) bond motifs is 38. The summed E-state index contributed by atoms with van der Waals surface area (Å²) < 4.78 is 14.0. The molecule has 0 N–H and O–H groups in total. The number of furan rings is 2. The molecule has 0 aliphatic heterocycles. The largest absolute Gasteiger partial charge is 0.456 e. The molecule has 0 saturated heterocycles. The van der Waals surface area contributed by atoms with Gasteiger partial charge in [-0.15, -0.1) is 0 Å². The van der Waals surface area contributed by atoms with Gasteiger partial charge in [-0.2, -0.15) is 0 Å². The summed E-state index contributed by atoms with van der Waals surface area (Å²) in [6, 6.07) is 122. The molecule has 442 valence electrons. The first-order chi connectivity index (χ1) is 47.6. The Bertz CT molecular complexity index is 6220. The van der Waals surface area contributed by atoms with Crippen LogP contribution in [0.25, 0.3) is 122 Å². The lowest BCUT2D eigenvalue weighted by atomic mass is 9.68. The fourth-order valence-corrected chi connectivity index (χ4v) is 19.7. The lowest BCUT2D eigenvalue weighted by molar-refractivity contribution is 0.668. The van der Waals surface area contributed by atoms with Crippen molar-refractivity contribution < 1.29 is 8.83 Å². The lowest BCUT2D eigenvalue weighted by Crippen LogP contribution is -2.27. The fraction of sp³-hybridized carbons (Fsp3) is 0.0323. The number of rotatable bonds is 4. The molecule has 23 rings (SSSR count). The van der Waals surface area contributed by atoms with Gasteiger partial charge in [-0.05, 0) is 212 Å². The molecule has 0 radical (unpaired) electrons. The van der Waals surface area contributed by atoms with Gasteiger partial charge in [-0.1, -0.05) is 249 Å². The molecule has 0 unspecified atom stereocenters. The standard InChI is InChI=1S/C93H53NO2/c1-3-23-54(24-4-1)68-51-82-86(89-67-34-14-22-42-84(67)96-90(68)89)65-46-44-57(50-79(65)93(82)75-39-19-11-31-62(75)63-32-12-20-40-76(63)93)94(55-25-5-2-6-26-55)56-43-45-64-69-52-81-70(53-80(69)92(78(64)49-56)73-37-17-9-29-60(73)61-30-10-18-38-74(61)92)87-77(47-48-85-88(87)66-33-13-21-41-83(66)95-85)91(81)71-35-15-7-27-58(71)59-28-8-16-36-72(59)91/h1-53H. The number of benzene rings is 15. The summed E-state index contributed by atoms with van der Waals surface area (Å²) in [5.74, 6) is 0. The highest BCUT2D eigenvalue weighted by Gasteiger charge is 2.58. The second-order valence-corrected chi connectivity index (χ2v) is 27.1. The first kappa shape index (κ1) is 51.2. The summed E-state index contributed by atoms with van der Waals surface area (Å²) in [7, 11) is 0. The monoisotopic (exact) mass is 1220 g/mol. The van der Waals surface area contributed by atoms with Gasteiger partial charge in [-0.25, -0.2) is 0 Å². The summed E-state index contributed by atoms with van der Waals surface area (Å²) in [4.78, 5) is 2.53. The van der Waals surface area contributed by atoms with Gasteiger partial charge in [0.25, 0.3) is 0 Å². The third kappa shape index (κ3) is 5.96. The maximum Gasteiger partial charge on any atom is 0.143 e. The van der Waals surface area contributed by atoms with E-state index in [-0.39, 0.29) is 0 Å². The SMILES string of the molecule is c1ccc(-c2cc3c(c4c2oc2ccccc24)-c2ccc(N(c4ccccc4)c4ccc5c(c4)C4(c6ccccc6-c6ccccc64)c4cc6c(cc4-5)C4(c5ccccc5-c5ccccc54)c4ccc5oc7ccccc7c5c4-6)cc2C32c3ccccc3-c3ccccc32)cc1. The van der Waals surface area contributed by atoms with Gasteiger partial charge in [0.15, 0.2) is 0 Å². The Hall–Kier alpha value is -12.3. The Morgan fingerprint density at radius 3 is 1.16 bits per heavy atom. The van der Waals surface area contributed by atoms with Crippen molar-refractivity contribution in [1.82, 2.24) is 0 Å². The average molecular weight is 1220 g/mol. The van der Waals surface area contributed by atoms with E-state index in [0.29, 0.717) is 0 Å². The molecule has 6 aliphatic rings. The maximum atomic E-state index is 7.10. The van der Waals surface area contributed by atoms with Crippen LogP contribution in [0.5, 0.6) is 0 Å². The molecule has 3 nitrogen and oxygen atoms in total. The van der Waals surface area contributed by atoms with E-state index in [1.165, 1.54) is 139 Å². The number of hydrogen-bond donors (Lipinski definition) is 0. The van der Waals surface area contributed by atoms with Crippen molar-refractivity contribution in [3.05, 3.63) is 388 Å². The number of hydrogen-bond acceptors (Lipinski definition) is 3. The molecule has 0 amide bonds. The molecule has 2 aromatic heterocycles. The van der Waals surface area contributed by atoms with Crippen molar-refractivity contribution in [2.24, 2.45) is 0 Å². The molecule has 0 saturated carbocycles. The van der Waals surface area contributed by atoms with Gasteiger partial charge in [0.05, 0.1) is 16.2 Å². The molecule has 2 heterocycles. The molecule has 0 atom stereocenters. The predicted molar refractivity (Wildman–Crippen MR) is 390 cm³/mol. The molecule has 3 spiro atoms. The van der Waals surface area contributed by atoms with E-state index in [4.69, 9.17) is 8.83 Å². The first-order valence-corrected chi connectivity index (χ1v) is 33.5. The third-order valence-electron chi connectivity index (χ3n) is 23.1. The topological polar surface area (TPSA) is 29.5 Å². The highest BCUT2D eigenvalue weighted by Crippen LogP contribution is 2.71. The van der Waals surface area contributed by atoms with Crippen LogP contribution in [0.3, 0.4) is 0 Å². The van der Waals surface area contributed by atoms with Crippen molar-refractivity contribution in [1.29, 1.82) is 0 Å². The Morgan fingerprint density at radius 2 is 0.594 bits per heavy atom. The molecular weight excluding hydrogens is 1160 g/mol. The lowest BCUT2D eigenvalue weighted by Gasteiger charge is -2.34. The van der Waals surface area contributed by atoms with Crippen LogP contribution >= 0.6 is 0 Å². The zero-order valence-corrected chi connectivity index (χ0v) is 51.9. The summed E-state index contributed by atoms with van der Waals surface area (Å²) in [5.41, 5.74) is 37.7. The molecule has 15 aromatic carbocycles. The van der Waals surface area contributed by atoms with Crippen molar-refractivity contribution >= 4 is 60.9 Å². The minimum atomic E-state index is -0.699. The Balaban J connectivity index is 0.809. The van der Waals surface area contributed by atoms with Crippen molar-refractivity contribution in [3.8, 4) is 77.9 Å². The zero-order chi connectivity index (χ0) is 62.3. The molecule has 0 fully saturated rings. The second kappa shape index (κ2) is 18.1. The Kier molecular flexibility index (Phi) is 9.65. The van der Waals surface area contributed by atoms with Crippen LogP contribution in [0.15, 0.2) is 330 Å². The van der Waals surface area contributed by atoms with E-state index < -0.39 is 16.2 Å².